The van der Waals surface area contributed by atoms with Crippen molar-refractivity contribution in [3.05, 3.63) is 76.2 Å². The van der Waals surface area contributed by atoms with E-state index in [2.05, 4.69) is 25.4 Å². The average Bonchev–Trinajstić information content (AvgIpc) is 2.99. The third-order valence-corrected chi connectivity index (χ3v) is 4.24. The zero-order valence-corrected chi connectivity index (χ0v) is 14.7. The van der Waals surface area contributed by atoms with E-state index in [1.165, 1.54) is 23.1 Å². The lowest BCUT2D eigenvalue weighted by atomic mass is 10.1. The van der Waals surface area contributed by atoms with Crippen molar-refractivity contribution in [1.29, 1.82) is 0 Å². The van der Waals surface area contributed by atoms with Gasteiger partial charge in [-0.1, -0.05) is 30.3 Å². The van der Waals surface area contributed by atoms with Gasteiger partial charge in [0.25, 0.3) is 11.5 Å². The fourth-order valence-electron chi connectivity index (χ4n) is 3.04. The highest BCUT2D eigenvalue weighted by atomic mass is 16.2. The number of benzene rings is 1. The van der Waals surface area contributed by atoms with E-state index in [0.29, 0.717) is 11.3 Å². The molecule has 0 spiro atoms. The van der Waals surface area contributed by atoms with Crippen LogP contribution in [0, 0.1) is 13.8 Å². The maximum Gasteiger partial charge on any atom is 0.285 e. The third kappa shape index (κ3) is 2.86. The van der Waals surface area contributed by atoms with Gasteiger partial charge in [-0.15, -0.1) is 0 Å². The lowest BCUT2D eigenvalue weighted by molar-refractivity contribution is 0.102. The van der Waals surface area contributed by atoms with Gasteiger partial charge in [-0.25, -0.2) is 14.5 Å². The van der Waals surface area contributed by atoms with Gasteiger partial charge in [0, 0.05) is 23.7 Å². The van der Waals surface area contributed by atoms with E-state index in [1.807, 2.05) is 37.3 Å². The van der Waals surface area contributed by atoms with Crippen LogP contribution in [0.2, 0.25) is 0 Å². The summed E-state index contributed by atoms with van der Waals surface area (Å²) in [7, 11) is 0. The molecule has 0 aliphatic heterocycles. The summed E-state index contributed by atoms with van der Waals surface area (Å²) in [6, 6.07) is 9.67. The van der Waals surface area contributed by atoms with E-state index in [9.17, 15) is 9.59 Å². The van der Waals surface area contributed by atoms with Crippen LogP contribution in [-0.2, 0) is 0 Å². The summed E-state index contributed by atoms with van der Waals surface area (Å²) in [6.45, 7) is 3.51. The molecule has 0 aliphatic rings. The van der Waals surface area contributed by atoms with Gasteiger partial charge < -0.3 is 5.32 Å². The number of aromatic nitrogens is 5. The van der Waals surface area contributed by atoms with Crippen molar-refractivity contribution in [3.63, 3.8) is 0 Å². The minimum absolute atomic E-state index is 0.0426. The van der Waals surface area contributed by atoms with Crippen LogP contribution in [0.15, 0.2) is 53.7 Å². The number of nitrogens with one attached hydrogen (secondary N) is 2. The predicted octanol–water partition coefficient (Wildman–Crippen LogP) is 2.35. The summed E-state index contributed by atoms with van der Waals surface area (Å²) in [5.74, 6) is -0.313. The number of hydrogen-bond donors (Lipinski definition) is 2. The van der Waals surface area contributed by atoms with E-state index in [1.54, 1.807) is 6.92 Å². The Bertz CT molecular complexity index is 1200. The topological polar surface area (TPSA) is 105 Å². The van der Waals surface area contributed by atoms with Crippen LogP contribution < -0.4 is 10.9 Å². The molecule has 2 N–H and O–H groups in total. The Hall–Kier alpha value is -3.81. The van der Waals surface area contributed by atoms with Gasteiger partial charge >= 0.3 is 0 Å². The predicted molar refractivity (Wildman–Crippen MR) is 101 cm³/mol. The number of nitrogens with zero attached hydrogens (tertiary/aromatic N) is 4. The molecule has 0 saturated carbocycles. The van der Waals surface area contributed by atoms with Gasteiger partial charge in [-0.2, -0.15) is 0 Å². The van der Waals surface area contributed by atoms with Crippen LogP contribution >= 0.6 is 0 Å². The number of anilines is 1. The molecule has 4 aromatic rings. The Morgan fingerprint density at radius 3 is 2.63 bits per heavy atom. The number of aryl methyl sites for hydroxylation is 2. The van der Waals surface area contributed by atoms with Gasteiger partial charge in [0.05, 0.1) is 11.9 Å². The lowest BCUT2D eigenvalue weighted by Gasteiger charge is -2.07. The molecular weight excluding hydrogens is 344 g/mol. The lowest BCUT2D eigenvalue weighted by Crippen LogP contribution is -2.29. The SMILES string of the molecule is Cc1nc2c(-c3ccccc3)c(C)[nH]n2c(=O)c1C(=O)Nc1cnccn1. The second-order valence-corrected chi connectivity index (χ2v) is 6.06. The van der Waals surface area contributed by atoms with Crippen LogP contribution in [0.5, 0.6) is 0 Å². The summed E-state index contributed by atoms with van der Waals surface area (Å²) in [5.41, 5.74) is 2.88. The molecule has 0 fully saturated rings. The second-order valence-electron chi connectivity index (χ2n) is 6.06. The monoisotopic (exact) mass is 360 g/mol. The van der Waals surface area contributed by atoms with E-state index in [-0.39, 0.29) is 11.4 Å². The first-order valence-electron chi connectivity index (χ1n) is 8.31. The smallest absolute Gasteiger partial charge is 0.285 e. The van der Waals surface area contributed by atoms with Crippen molar-refractivity contribution < 1.29 is 4.79 Å². The molecule has 3 aromatic heterocycles. The largest absolute Gasteiger partial charge is 0.305 e. The number of rotatable bonds is 3. The Balaban J connectivity index is 1.85. The van der Waals surface area contributed by atoms with Crippen molar-refractivity contribution >= 4 is 17.4 Å². The number of aromatic amines is 1. The van der Waals surface area contributed by atoms with Crippen molar-refractivity contribution in [2.24, 2.45) is 0 Å². The number of carbonyl (C=O) groups excluding carboxylic acids is 1. The van der Waals surface area contributed by atoms with Crippen molar-refractivity contribution in [2.75, 3.05) is 5.32 Å². The van der Waals surface area contributed by atoms with Crippen LogP contribution in [0.25, 0.3) is 16.8 Å². The van der Waals surface area contributed by atoms with E-state index in [0.717, 1.165) is 16.8 Å². The van der Waals surface area contributed by atoms with Crippen molar-refractivity contribution in [2.45, 2.75) is 13.8 Å². The summed E-state index contributed by atoms with van der Waals surface area (Å²) in [6.07, 6.45) is 4.36. The molecule has 134 valence electrons. The number of amides is 1. The first-order valence-corrected chi connectivity index (χ1v) is 8.31. The molecule has 1 amide bonds. The quantitative estimate of drug-likeness (QED) is 0.583. The molecule has 1 aromatic carbocycles. The summed E-state index contributed by atoms with van der Waals surface area (Å²) in [5, 5.41) is 5.59. The third-order valence-electron chi connectivity index (χ3n) is 4.24. The number of fused-ring (bicyclic) bond motifs is 1. The fraction of sp³-hybridized carbons (Fsp3) is 0.105. The first kappa shape index (κ1) is 16.6. The molecule has 0 aliphatic carbocycles. The Kier molecular flexibility index (Phi) is 4.00. The maximum absolute atomic E-state index is 13.0. The molecule has 0 saturated heterocycles. The number of H-pyrrole nitrogens is 1. The second kappa shape index (κ2) is 6.49. The summed E-state index contributed by atoms with van der Waals surface area (Å²) >= 11 is 0. The van der Waals surface area contributed by atoms with Gasteiger partial charge in [-0.3, -0.25) is 19.7 Å². The van der Waals surface area contributed by atoms with Crippen LogP contribution in [0.1, 0.15) is 21.7 Å². The molecule has 0 bridgehead atoms. The Labute approximate surface area is 153 Å². The highest BCUT2D eigenvalue weighted by Gasteiger charge is 2.22. The molecule has 4 rings (SSSR count). The highest BCUT2D eigenvalue weighted by Crippen LogP contribution is 2.26. The number of hydrogen-bond acceptors (Lipinski definition) is 5. The van der Waals surface area contributed by atoms with Gasteiger partial charge in [-0.05, 0) is 19.4 Å². The molecule has 8 nitrogen and oxygen atoms in total. The number of carbonyl (C=O) groups is 1. The highest BCUT2D eigenvalue weighted by molar-refractivity contribution is 6.04. The summed E-state index contributed by atoms with van der Waals surface area (Å²) in [4.78, 5) is 38.0. The fourth-order valence-corrected chi connectivity index (χ4v) is 3.04. The molecule has 3 heterocycles. The summed E-state index contributed by atoms with van der Waals surface area (Å²) < 4.78 is 1.30. The van der Waals surface area contributed by atoms with Crippen LogP contribution in [0.3, 0.4) is 0 Å². The zero-order valence-electron chi connectivity index (χ0n) is 14.7. The van der Waals surface area contributed by atoms with E-state index < -0.39 is 11.5 Å². The Morgan fingerprint density at radius 2 is 1.93 bits per heavy atom. The van der Waals surface area contributed by atoms with Gasteiger partial charge in [0.15, 0.2) is 11.5 Å². The van der Waals surface area contributed by atoms with E-state index in [4.69, 9.17) is 0 Å². The minimum Gasteiger partial charge on any atom is -0.305 e. The Morgan fingerprint density at radius 1 is 1.15 bits per heavy atom. The molecule has 0 unspecified atom stereocenters. The zero-order chi connectivity index (χ0) is 19.0. The first-order chi connectivity index (χ1) is 13.1. The van der Waals surface area contributed by atoms with Crippen molar-refractivity contribution in [3.8, 4) is 11.1 Å². The van der Waals surface area contributed by atoms with E-state index >= 15 is 0 Å². The van der Waals surface area contributed by atoms with Crippen LogP contribution in [0.4, 0.5) is 5.82 Å². The minimum atomic E-state index is -0.576. The standard InChI is InChI=1S/C19H16N6O2/c1-11-16(18(26)23-14-10-20-8-9-21-14)19(27)25-17(22-11)15(12(2)24-25)13-6-4-3-5-7-13/h3-10,24H,1-2H3,(H,21,23,26). The molecule has 8 heteroatoms. The maximum atomic E-state index is 13.0. The molecular formula is C19H16N6O2. The van der Waals surface area contributed by atoms with Gasteiger partial charge in [0.1, 0.15) is 5.56 Å². The normalized spacial score (nSPS) is 10.9. The van der Waals surface area contributed by atoms with Crippen LogP contribution in [-0.4, -0.2) is 30.5 Å². The molecule has 0 radical (unpaired) electrons. The molecule has 27 heavy (non-hydrogen) atoms. The van der Waals surface area contributed by atoms with Crippen molar-refractivity contribution in [1.82, 2.24) is 24.6 Å². The van der Waals surface area contributed by atoms with Gasteiger partial charge in [0.2, 0.25) is 0 Å². The average molecular weight is 360 g/mol. The molecule has 0 atom stereocenters.